The fourth-order valence-electron chi connectivity index (χ4n) is 2.81. The third kappa shape index (κ3) is 2.74. The lowest BCUT2D eigenvalue weighted by Crippen LogP contribution is -2.12. The number of carbonyl (C=O) groups is 2. The van der Waals surface area contributed by atoms with E-state index in [1.54, 1.807) is 19.1 Å². The summed E-state index contributed by atoms with van der Waals surface area (Å²) in [6.07, 6.45) is -0.462. The van der Waals surface area contributed by atoms with Crippen molar-refractivity contribution in [2.45, 2.75) is 13.3 Å². The lowest BCUT2D eigenvalue weighted by Gasteiger charge is -2.05. The first-order valence-electron chi connectivity index (χ1n) is 7.26. The van der Waals surface area contributed by atoms with Gasteiger partial charge in [0.25, 0.3) is 5.91 Å². The van der Waals surface area contributed by atoms with Gasteiger partial charge in [-0.2, -0.15) is 0 Å². The summed E-state index contributed by atoms with van der Waals surface area (Å²) in [7, 11) is 1.49. The molecule has 6 nitrogen and oxygen atoms in total. The number of phenols is 1. The first-order chi connectivity index (χ1) is 11.8. The molecule has 3 rings (SSSR count). The minimum absolute atomic E-state index is 0.0585. The van der Waals surface area contributed by atoms with Gasteiger partial charge in [-0.05, 0) is 36.8 Å². The van der Waals surface area contributed by atoms with E-state index in [0.29, 0.717) is 15.6 Å². The summed E-state index contributed by atoms with van der Waals surface area (Å²) in [4.78, 5) is 24.4. The van der Waals surface area contributed by atoms with E-state index in [0.717, 1.165) is 17.4 Å². The van der Waals surface area contributed by atoms with Crippen LogP contribution in [0.25, 0.3) is 10.9 Å². The molecule has 0 aliphatic rings. The number of aliphatic carboxylic acids is 1. The summed E-state index contributed by atoms with van der Waals surface area (Å²) in [5, 5.41) is 19.2. The minimum Gasteiger partial charge on any atom is -0.505 e. The fourth-order valence-corrected chi connectivity index (χ4v) is 3.56. The van der Waals surface area contributed by atoms with Gasteiger partial charge in [0.05, 0.1) is 23.9 Å². The Balaban J connectivity index is 2.28. The van der Waals surface area contributed by atoms with Crippen molar-refractivity contribution in [2.75, 3.05) is 7.11 Å². The standard InChI is InChI=1S/C17H14FNO5S/c1-8-9(7-13(21)22)15-10(3-4-11(20)16(15)18)19(8)17(23)12-5-6-14(24-2)25-12/h3-6,20H,7H2,1-2H3,(H,21,22). The molecular formula is C17H14FNO5S. The third-order valence-corrected chi connectivity index (χ3v) is 4.97. The first-order valence-corrected chi connectivity index (χ1v) is 8.08. The van der Waals surface area contributed by atoms with Crippen molar-refractivity contribution in [3.63, 3.8) is 0 Å². The number of ether oxygens (including phenoxy) is 1. The number of carboxylic acid groups (broad SMARTS) is 1. The van der Waals surface area contributed by atoms with Gasteiger partial charge in [0.1, 0.15) is 0 Å². The lowest BCUT2D eigenvalue weighted by atomic mass is 10.1. The number of halogens is 1. The highest BCUT2D eigenvalue weighted by molar-refractivity contribution is 7.15. The largest absolute Gasteiger partial charge is 0.505 e. The zero-order chi connectivity index (χ0) is 18.3. The van der Waals surface area contributed by atoms with Crippen molar-refractivity contribution >= 4 is 34.1 Å². The summed E-state index contributed by atoms with van der Waals surface area (Å²) in [5.41, 5.74) is 0.688. The number of aromatic hydroxyl groups is 1. The highest BCUT2D eigenvalue weighted by atomic mass is 32.1. The normalized spacial score (nSPS) is 11.0. The van der Waals surface area contributed by atoms with Crippen molar-refractivity contribution in [1.82, 2.24) is 4.57 Å². The van der Waals surface area contributed by atoms with E-state index in [1.165, 1.54) is 17.7 Å². The third-order valence-electron chi connectivity index (χ3n) is 3.94. The Kier molecular flexibility index (Phi) is 4.22. The molecule has 0 amide bonds. The van der Waals surface area contributed by atoms with Crippen LogP contribution in [0.4, 0.5) is 4.39 Å². The molecule has 2 N–H and O–H groups in total. The van der Waals surface area contributed by atoms with Gasteiger partial charge in [-0.25, -0.2) is 4.39 Å². The Hall–Kier alpha value is -2.87. The Bertz CT molecular complexity index is 1000. The van der Waals surface area contributed by atoms with Crippen LogP contribution < -0.4 is 4.74 Å². The highest BCUT2D eigenvalue weighted by Gasteiger charge is 2.25. The molecule has 0 spiro atoms. The maximum atomic E-state index is 14.4. The Morgan fingerprint density at radius 2 is 2.00 bits per heavy atom. The second-order valence-electron chi connectivity index (χ2n) is 5.39. The van der Waals surface area contributed by atoms with Gasteiger partial charge in [0.2, 0.25) is 0 Å². The number of hydrogen-bond acceptors (Lipinski definition) is 5. The van der Waals surface area contributed by atoms with Gasteiger partial charge in [-0.3, -0.25) is 14.2 Å². The van der Waals surface area contributed by atoms with Crippen LogP contribution in [0.3, 0.4) is 0 Å². The van der Waals surface area contributed by atoms with E-state index < -0.39 is 29.9 Å². The number of phenolic OH excluding ortho intramolecular Hbond substituents is 1. The summed E-state index contributed by atoms with van der Waals surface area (Å²) in [6, 6.07) is 5.77. The van der Waals surface area contributed by atoms with Crippen molar-refractivity contribution in [3.05, 3.63) is 46.2 Å². The molecular weight excluding hydrogens is 349 g/mol. The molecule has 0 unspecified atom stereocenters. The molecule has 0 atom stereocenters. The molecule has 1 aromatic carbocycles. The zero-order valence-corrected chi connectivity index (χ0v) is 14.2. The number of thiophene rings is 1. The quantitative estimate of drug-likeness (QED) is 0.743. The van der Waals surface area contributed by atoms with Crippen molar-refractivity contribution in [1.29, 1.82) is 0 Å². The molecule has 0 saturated carbocycles. The second-order valence-corrected chi connectivity index (χ2v) is 6.44. The summed E-state index contributed by atoms with van der Waals surface area (Å²) < 4.78 is 20.8. The molecule has 8 heteroatoms. The SMILES string of the molecule is COc1ccc(C(=O)n2c(C)c(CC(=O)O)c3c(F)c(O)ccc32)s1. The molecule has 130 valence electrons. The van der Waals surface area contributed by atoms with Crippen LogP contribution in [0.15, 0.2) is 24.3 Å². The van der Waals surface area contributed by atoms with Crippen LogP contribution in [0.2, 0.25) is 0 Å². The van der Waals surface area contributed by atoms with E-state index in [-0.39, 0.29) is 16.5 Å². The highest BCUT2D eigenvalue weighted by Crippen LogP contribution is 2.34. The summed E-state index contributed by atoms with van der Waals surface area (Å²) in [6.45, 7) is 1.55. The maximum Gasteiger partial charge on any atom is 0.307 e. The van der Waals surface area contributed by atoms with Crippen LogP contribution in [0, 0.1) is 12.7 Å². The van der Waals surface area contributed by atoms with E-state index in [2.05, 4.69) is 0 Å². The number of carboxylic acids is 1. The number of carbonyl (C=O) groups excluding carboxylic acids is 1. The molecule has 0 aliphatic heterocycles. The number of fused-ring (bicyclic) bond motifs is 1. The topological polar surface area (TPSA) is 88.8 Å². The Labute approximate surface area is 145 Å². The number of hydrogen-bond donors (Lipinski definition) is 2. The van der Waals surface area contributed by atoms with Crippen molar-refractivity contribution in [3.8, 4) is 10.8 Å². The van der Waals surface area contributed by atoms with Crippen LogP contribution in [-0.2, 0) is 11.2 Å². The van der Waals surface area contributed by atoms with Gasteiger partial charge in [-0.15, -0.1) is 0 Å². The van der Waals surface area contributed by atoms with Gasteiger partial charge in [0, 0.05) is 11.1 Å². The molecule has 0 bridgehead atoms. The first kappa shape index (κ1) is 17.0. The van der Waals surface area contributed by atoms with E-state index in [4.69, 9.17) is 9.84 Å². The zero-order valence-electron chi connectivity index (χ0n) is 13.4. The summed E-state index contributed by atoms with van der Waals surface area (Å²) in [5.74, 6) is -3.11. The monoisotopic (exact) mass is 363 g/mol. The Morgan fingerprint density at radius 3 is 2.60 bits per heavy atom. The average Bonchev–Trinajstić information content (AvgIpc) is 3.14. The molecule has 2 aromatic heterocycles. The lowest BCUT2D eigenvalue weighted by molar-refractivity contribution is -0.136. The fraction of sp³-hybridized carbons (Fsp3) is 0.176. The van der Waals surface area contributed by atoms with Crippen molar-refractivity contribution < 1.29 is 28.9 Å². The van der Waals surface area contributed by atoms with Crippen LogP contribution >= 0.6 is 11.3 Å². The smallest absolute Gasteiger partial charge is 0.307 e. The van der Waals surface area contributed by atoms with Crippen molar-refractivity contribution in [2.24, 2.45) is 0 Å². The second kappa shape index (κ2) is 6.21. The van der Waals surface area contributed by atoms with E-state index >= 15 is 0 Å². The molecule has 2 heterocycles. The van der Waals surface area contributed by atoms with Crippen LogP contribution in [0.1, 0.15) is 20.9 Å². The molecule has 0 fully saturated rings. The molecule has 0 radical (unpaired) electrons. The predicted molar refractivity (Wildman–Crippen MR) is 90.2 cm³/mol. The van der Waals surface area contributed by atoms with Gasteiger partial charge >= 0.3 is 5.97 Å². The molecule has 0 aliphatic carbocycles. The van der Waals surface area contributed by atoms with Gasteiger partial charge in [0.15, 0.2) is 16.6 Å². The number of nitrogens with zero attached hydrogens (tertiary/aromatic N) is 1. The van der Waals surface area contributed by atoms with Crippen LogP contribution in [0.5, 0.6) is 10.8 Å². The predicted octanol–water partition coefficient (Wildman–Crippen LogP) is 3.18. The van der Waals surface area contributed by atoms with Crippen LogP contribution in [-0.4, -0.2) is 33.8 Å². The average molecular weight is 363 g/mol. The number of benzene rings is 1. The van der Waals surface area contributed by atoms with Gasteiger partial charge < -0.3 is 14.9 Å². The number of aromatic nitrogens is 1. The molecule has 0 saturated heterocycles. The number of methoxy groups -OCH3 is 1. The maximum absolute atomic E-state index is 14.4. The van der Waals surface area contributed by atoms with E-state index in [1.807, 2.05) is 0 Å². The minimum atomic E-state index is -1.16. The Morgan fingerprint density at radius 1 is 1.28 bits per heavy atom. The number of rotatable bonds is 4. The molecule has 25 heavy (non-hydrogen) atoms. The summed E-state index contributed by atoms with van der Waals surface area (Å²) >= 11 is 1.13. The van der Waals surface area contributed by atoms with E-state index in [9.17, 15) is 19.1 Å². The van der Waals surface area contributed by atoms with Gasteiger partial charge in [-0.1, -0.05) is 11.3 Å². The molecule has 3 aromatic rings.